The number of rotatable bonds is 9. The first-order chi connectivity index (χ1) is 7.93. The van der Waals surface area contributed by atoms with Crippen LogP contribution in [0.2, 0.25) is 0 Å². The molecule has 4 nitrogen and oxygen atoms in total. The van der Waals surface area contributed by atoms with Gasteiger partial charge in [0.2, 0.25) is 5.91 Å². The lowest BCUT2D eigenvalue weighted by Crippen LogP contribution is -2.50. The van der Waals surface area contributed by atoms with Crippen LogP contribution in [0.15, 0.2) is 0 Å². The fourth-order valence-electron chi connectivity index (χ4n) is 1.53. The number of carbonyl (C=O) groups excluding carboxylic acids is 1. The molecule has 3 N–H and O–H groups in total. The van der Waals surface area contributed by atoms with Crippen LogP contribution in [0.25, 0.3) is 0 Å². The summed E-state index contributed by atoms with van der Waals surface area (Å²) in [6.07, 6.45) is 5.02. The smallest absolute Gasteiger partial charge is 0.249 e. The second-order valence-electron chi connectivity index (χ2n) is 5.25. The van der Waals surface area contributed by atoms with Crippen molar-refractivity contribution in [2.75, 3.05) is 6.61 Å². The van der Waals surface area contributed by atoms with E-state index < -0.39 is 11.6 Å². The molecule has 102 valence electrons. The van der Waals surface area contributed by atoms with E-state index in [2.05, 4.69) is 12.2 Å². The summed E-state index contributed by atoms with van der Waals surface area (Å²) < 4.78 is 0. The lowest BCUT2D eigenvalue weighted by atomic mass is 10.0. The molecule has 4 heteroatoms. The molecule has 0 saturated heterocycles. The molecule has 0 rings (SSSR count). The second-order valence-corrected chi connectivity index (χ2v) is 5.25. The van der Waals surface area contributed by atoms with Crippen molar-refractivity contribution in [3.8, 4) is 0 Å². The molecule has 0 aliphatic heterocycles. The van der Waals surface area contributed by atoms with Crippen molar-refractivity contribution in [3.63, 3.8) is 0 Å². The molecule has 0 aliphatic rings. The minimum Gasteiger partial charge on any atom is -0.394 e. The van der Waals surface area contributed by atoms with E-state index in [4.69, 9.17) is 5.11 Å². The van der Waals surface area contributed by atoms with Crippen LogP contribution in [0.4, 0.5) is 0 Å². The van der Waals surface area contributed by atoms with E-state index in [1.807, 2.05) is 0 Å². The Balaban J connectivity index is 3.75. The lowest BCUT2D eigenvalue weighted by molar-refractivity contribution is -0.131. The second kappa shape index (κ2) is 8.48. The van der Waals surface area contributed by atoms with Gasteiger partial charge in [-0.05, 0) is 20.3 Å². The van der Waals surface area contributed by atoms with Gasteiger partial charge in [-0.15, -0.1) is 0 Å². The maximum Gasteiger partial charge on any atom is 0.249 e. The van der Waals surface area contributed by atoms with Crippen LogP contribution in [-0.4, -0.2) is 34.4 Å². The Labute approximate surface area is 104 Å². The first-order valence-corrected chi connectivity index (χ1v) is 6.54. The Morgan fingerprint density at radius 1 is 1.24 bits per heavy atom. The Morgan fingerprint density at radius 2 is 1.82 bits per heavy atom. The van der Waals surface area contributed by atoms with E-state index >= 15 is 0 Å². The third-order valence-corrected chi connectivity index (χ3v) is 2.74. The summed E-state index contributed by atoms with van der Waals surface area (Å²) in [6.45, 7) is 5.46. The molecule has 0 unspecified atom stereocenters. The summed E-state index contributed by atoms with van der Waals surface area (Å²) in [5, 5.41) is 21.3. The zero-order valence-corrected chi connectivity index (χ0v) is 11.3. The number of hydrogen-bond acceptors (Lipinski definition) is 3. The predicted molar refractivity (Wildman–Crippen MR) is 68.7 cm³/mol. The van der Waals surface area contributed by atoms with Gasteiger partial charge in [-0.3, -0.25) is 4.79 Å². The van der Waals surface area contributed by atoms with Crippen LogP contribution in [-0.2, 0) is 4.79 Å². The number of aliphatic hydroxyl groups is 2. The van der Waals surface area contributed by atoms with Crippen molar-refractivity contribution in [2.45, 2.75) is 70.9 Å². The van der Waals surface area contributed by atoms with Gasteiger partial charge < -0.3 is 15.5 Å². The molecule has 0 fully saturated rings. The summed E-state index contributed by atoms with van der Waals surface area (Å²) in [6, 6.07) is 0. The van der Waals surface area contributed by atoms with Crippen molar-refractivity contribution in [3.05, 3.63) is 0 Å². The van der Waals surface area contributed by atoms with Crippen LogP contribution in [0.1, 0.15) is 59.3 Å². The normalized spacial score (nSPS) is 13.5. The third kappa shape index (κ3) is 8.16. The first kappa shape index (κ1) is 16.4. The Kier molecular flexibility index (Phi) is 8.17. The van der Waals surface area contributed by atoms with Gasteiger partial charge in [0.15, 0.2) is 0 Å². The monoisotopic (exact) mass is 245 g/mol. The summed E-state index contributed by atoms with van der Waals surface area (Å²) in [4.78, 5) is 11.6. The van der Waals surface area contributed by atoms with Crippen LogP contribution >= 0.6 is 0 Å². The van der Waals surface area contributed by atoms with Gasteiger partial charge in [-0.1, -0.05) is 39.0 Å². The van der Waals surface area contributed by atoms with Gasteiger partial charge in [0.1, 0.15) is 6.10 Å². The van der Waals surface area contributed by atoms with E-state index in [0.717, 1.165) is 19.3 Å². The van der Waals surface area contributed by atoms with Gasteiger partial charge in [0.25, 0.3) is 0 Å². The number of amides is 1. The summed E-state index contributed by atoms with van der Waals surface area (Å²) >= 11 is 0. The molecular formula is C13H27NO3. The maximum absolute atomic E-state index is 11.6. The van der Waals surface area contributed by atoms with Gasteiger partial charge in [0, 0.05) is 0 Å². The zero-order chi connectivity index (χ0) is 13.3. The van der Waals surface area contributed by atoms with Crippen molar-refractivity contribution in [1.82, 2.24) is 5.32 Å². The highest BCUT2D eigenvalue weighted by atomic mass is 16.3. The Morgan fingerprint density at radius 3 is 2.35 bits per heavy atom. The standard InChI is InChI=1S/C13H27NO3/c1-4-5-6-7-8-9-11(16)12(17)14-13(2,3)10-15/h11,15-16H,4-10H2,1-3H3,(H,14,17)/t11-/m0/s1. The van der Waals surface area contributed by atoms with E-state index in [1.165, 1.54) is 12.8 Å². The molecule has 1 atom stereocenters. The molecule has 0 aliphatic carbocycles. The molecule has 0 aromatic carbocycles. The Hall–Kier alpha value is -0.610. The molecule has 0 bridgehead atoms. The molecule has 0 aromatic heterocycles. The lowest BCUT2D eigenvalue weighted by Gasteiger charge is -2.25. The number of aliphatic hydroxyl groups excluding tert-OH is 2. The highest BCUT2D eigenvalue weighted by Crippen LogP contribution is 2.08. The SMILES string of the molecule is CCCCCCC[C@H](O)C(=O)NC(C)(C)CO. The van der Waals surface area contributed by atoms with Gasteiger partial charge in [0.05, 0.1) is 12.1 Å². The number of hydrogen-bond donors (Lipinski definition) is 3. The number of nitrogens with one attached hydrogen (secondary N) is 1. The maximum atomic E-state index is 11.6. The molecule has 0 spiro atoms. The van der Waals surface area contributed by atoms with Gasteiger partial charge in [-0.25, -0.2) is 0 Å². The van der Waals surface area contributed by atoms with Crippen molar-refractivity contribution in [1.29, 1.82) is 0 Å². The van der Waals surface area contributed by atoms with Crippen molar-refractivity contribution < 1.29 is 15.0 Å². The predicted octanol–water partition coefficient (Wildman–Crippen LogP) is 1.59. The molecule has 0 radical (unpaired) electrons. The zero-order valence-electron chi connectivity index (χ0n) is 11.3. The van der Waals surface area contributed by atoms with E-state index in [9.17, 15) is 9.90 Å². The van der Waals surface area contributed by atoms with Crippen molar-refractivity contribution in [2.24, 2.45) is 0 Å². The van der Waals surface area contributed by atoms with E-state index in [0.29, 0.717) is 6.42 Å². The first-order valence-electron chi connectivity index (χ1n) is 6.54. The van der Waals surface area contributed by atoms with E-state index in [-0.39, 0.29) is 12.5 Å². The molecular weight excluding hydrogens is 218 g/mol. The van der Waals surface area contributed by atoms with Crippen LogP contribution < -0.4 is 5.32 Å². The molecule has 17 heavy (non-hydrogen) atoms. The average molecular weight is 245 g/mol. The molecule has 0 saturated carbocycles. The number of carbonyl (C=O) groups is 1. The number of unbranched alkanes of at least 4 members (excludes halogenated alkanes) is 4. The fraction of sp³-hybridized carbons (Fsp3) is 0.923. The minimum atomic E-state index is -0.956. The van der Waals surface area contributed by atoms with Gasteiger partial charge >= 0.3 is 0 Å². The largest absolute Gasteiger partial charge is 0.394 e. The fourth-order valence-corrected chi connectivity index (χ4v) is 1.53. The molecule has 0 heterocycles. The third-order valence-electron chi connectivity index (χ3n) is 2.74. The molecule has 0 aromatic rings. The quantitative estimate of drug-likeness (QED) is 0.540. The van der Waals surface area contributed by atoms with Crippen molar-refractivity contribution >= 4 is 5.91 Å². The van der Waals surface area contributed by atoms with Crippen LogP contribution in [0.5, 0.6) is 0 Å². The molecule has 1 amide bonds. The topological polar surface area (TPSA) is 69.6 Å². The minimum absolute atomic E-state index is 0.137. The average Bonchev–Trinajstić information content (AvgIpc) is 2.28. The summed E-state index contributed by atoms with van der Waals surface area (Å²) in [5.74, 6) is -0.389. The summed E-state index contributed by atoms with van der Waals surface area (Å²) in [5.41, 5.74) is -0.666. The van der Waals surface area contributed by atoms with E-state index in [1.54, 1.807) is 13.8 Å². The Bertz CT molecular complexity index is 217. The summed E-state index contributed by atoms with van der Waals surface area (Å²) in [7, 11) is 0. The highest BCUT2D eigenvalue weighted by Gasteiger charge is 2.23. The van der Waals surface area contributed by atoms with Gasteiger partial charge in [-0.2, -0.15) is 0 Å². The highest BCUT2D eigenvalue weighted by molar-refractivity contribution is 5.81. The van der Waals surface area contributed by atoms with Crippen LogP contribution in [0.3, 0.4) is 0 Å². The van der Waals surface area contributed by atoms with Crippen LogP contribution in [0, 0.1) is 0 Å².